The number of anilines is 2. The molecule has 3 aromatic carbocycles. The van der Waals surface area contributed by atoms with Crippen LogP contribution in [-0.4, -0.2) is 24.6 Å². The maximum atomic E-state index is 11.7. The van der Waals surface area contributed by atoms with Crippen LogP contribution in [0.1, 0.15) is 0 Å². The Morgan fingerprint density at radius 1 is 0.724 bits per heavy atom. The first-order valence-corrected chi connectivity index (χ1v) is 11.0. The molecule has 144 valence electrons. The van der Waals surface area contributed by atoms with Gasteiger partial charge in [-0.2, -0.15) is 0 Å². The van der Waals surface area contributed by atoms with Gasteiger partial charge in [-0.1, -0.05) is 60.7 Å². The number of aromatic nitrogens is 2. The molecule has 0 saturated heterocycles. The van der Waals surface area contributed by atoms with E-state index in [2.05, 4.69) is 10.3 Å². The van der Waals surface area contributed by atoms with E-state index in [-0.39, 0.29) is 4.90 Å². The van der Waals surface area contributed by atoms with Gasteiger partial charge in [-0.3, -0.25) is 0 Å². The predicted molar refractivity (Wildman–Crippen MR) is 116 cm³/mol. The molecule has 29 heavy (non-hydrogen) atoms. The van der Waals surface area contributed by atoms with E-state index in [0.717, 1.165) is 22.5 Å². The highest BCUT2D eigenvalue weighted by Crippen LogP contribution is 2.26. The quantitative estimate of drug-likeness (QED) is 0.512. The third kappa shape index (κ3) is 4.50. The number of nitrogens with zero attached hydrogens (tertiary/aromatic N) is 2. The summed E-state index contributed by atoms with van der Waals surface area (Å²) in [5.74, 6) is 1.24. The van der Waals surface area contributed by atoms with Crippen LogP contribution in [0.25, 0.3) is 22.6 Å². The van der Waals surface area contributed by atoms with Crippen LogP contribution in [-0.2, 0) is 9.84 Å². The lowest BCUT2D eigenvalue weighted by molar-refractivity contribution is 0.602. The van der Waals surface area contributed by atoms with Crippen LogP contribution >= 0.6 is 0 Å². The Labute approximate surface area is 170 Å². The van der Waals surface area contributed by atoms with Crippen LogP contribution in [0.5, 0.6) is 0 Å². The van der Waals surface area contributed by atoms with Crippen LogP contribution in [0, 0.1) is 0 Å². The molecular weight excluding hydrogens is 382 g/mol. The van der Waals surface area contributed by atoms with Crippen LogP contribution in [0.4, 0.5) is 11.5 Å². The van der Waals surface area contributed by atoms with Gasteiger partial charge in [0.25, 0.3) is 0 Å². The SMILES string of the molecule is CS(=O)(=O)c1ccc(Nc2cc(-c3ccccc3)nc(-c3ccccc3)n2)cc1. The Kier molecular flexibility index (Phi) is 5.10. The number of nitrogens with one attached hydrogen (secondary N) is 1. The second-order valence-electron chi connectivity index (χ2n) is 6.62. The summed E-state index contributed by atoms with van der Waals surface area (Å²) in [5, 5.41) is 3.26. The van der Waals surface area contributed by atoms with Gasteiger partial charge in [0.05, 0.1) is 10.6 Å². The highest BCUT2D eigenvalue weighted by molar-refractivity contribution is 7.90. The first-order chi connectivity index (χ1) is 14.0. The molecule has 4 rings (SSSR count). The Bertz CT molecular complexity index is 1170. The van der Waals surface area contributed by atoms with Crippen LogP contribution < -0.4 is 5.32 Å². The van der Waals surface area contributed by atoms with Crippen molar-refractivity contribution in [3.63, 3.8) is 0 Å². The summed E-state index contributed by atoms with van der Waals surface area (Å²) in [4.78, 5) is 9.67. The fourth-order valence-corrected chi connectivity index (χ4v) is 3.55. The minimum atomic E-state index is -3.23. The molecule has 1 heterocycles. The van der Waals surface area contributed by atoms with Gasteiger partial charge in [0, 0.05) is 29.1 Å². The minimum Gasteiger partial charge on any atom is -0.340 e. The van der Waals surface area contributed by atoms with E-state index >= 15 is 0 Å². The molecule has 0 spiro atoms. The number of sulfone groups is 1. The zero-order valence-corrected chi connectivity index (χ0v) is 16.6. The lowest BCUT2D eigenvalue weighted by Gasteiger charge is -2.11. The van der Waals surface area contributed by atoms with Gasteiger partial charge < -0.3 is 5.32 Å². The second kappa shape index (κ2) is 7.85. The predicted octanol–water partition coefficient (Wildman–Crippen LogP) is 4.96. The average Bonchev–Trinajstić information content (AvgIpc) is 2.74. The number of hydrogen-bond donors (Lipinski definition) is 1. The summed E-state index contributed by atoms with van der Waals surface area (Å²) in [7, 11) is -3.23. The fourth-order valence-electron chi connectivity index (χ4n) is 2.92. The van der Waals surface area contributed by atoms with Crippen molar-refractivity contribution in [1.29, 1.82) is 0 Å². The summed E-state index contributed by atoms with van der Waals surface area (Å²) in [5.41, 5.74) is 3.45. The lowest BCUT2D eigenvalue weighted by Crippen LogP contribution is -2.00. The van der Waals surface area contributed by atoms with E-state index in [1.54, 1.807) is 24.3 Å². The van der Waals surface area contributed by atoms with Crippen molar-refractivity contribution < 1.29 is 8.42 Å². The zero-order chi connectivity index (χ0) is 20.3. The molecule has 0 aliphatic rings. The lowest BCUT2D eigenvalue weighted by atomic mass is 10.1. The Morgan fingerprint density at radius 2 is 1.31 bits per heavy atom. The zero-order valence-electron chi connectivity index (χ0n) is 15.8. The average molecular weight is 401 g/mol. The van der Waals surface area contributed by atoms with Gasteiger partial charge in [-0.15, -0.1) is 0 Å². The monoisotopic (exact) mass is 401 g/mol. The summed E-state index contributed by atoms with van der Waals surface area (Å²) in [6.07, 6.45) is 1.19. The van der Waals surface area contributed by atoms with E-state index in [1.165, 1.54) is 6.26 Å². The smallest absolute Gasteiger partial charge is 0.175 e. The largest absolute Gasteiger partial charge is 0.340 e. The van der Waals surface area contributed by atoms with Crippen molar-refractivity contribution in [3.8, 4) is 22.6 Å². The van der Waals surface area contributed by atoms with Gasteiger partial charge >= 0.3 is 0 Å². The number of hydrogen-bond acceptors (Lipinski definition) is 5. The Balaban J connectivity index is 1.74. The topological polar surface area (TPSA) is 72.0 Å². The molecule has 0 aliphatic carbocycles. The Morgan fingerprint density at radius 3 is 1.90 bits per heavy atom. The van der Waals surface area contributed by atoms with Gasteiger partial charge in [0.2, 0.25) is 0 Å². The van der Waals surface area contributed by atoms with Crippen molar-refractivity contribution in [2.75, 3.05) is 11.6 Å². The number of benzene rings is 3. The molecule has 1 N–H and O–H groups in total. The Hall–Kier alpha value is -3.51. The standard InChI is InChI=1S/C23H19N3O2S/c1-29(27,28)20-14-12-19(13-15-20)24-22-16-21(17-8-4-2-5-9-17)25-23(26-22)18-10-6-3-7-11-18/h2-16H,1H3,(H,24,25,26). The molecule has 4 aromatic rings. The third-order valence-electron chi connectivity index (χ3n) is 4.38. The maximum Gasteiger partial charge on any atom is 0.175 e. The van der Waals surface area contributed by atoms with Crippen molar-refractivity contribution in [2.24, 2.45) is 0 Å². The molecule has 0 atom stereocenters. The molecule has 1 aromatic heterocycles. The molecular formula is C23H19N3O2S. The molecule has 0 aliphatic heterocycles. The van der Waals surface area contributed by atoms with Gasteiger partial charge in [0.15, 0.2) is 15.7 Å². The highest BCUT2D eigenvalue weighted by atomic mass is 32.2. The van der Waals surface area contributed by atoms with Gasteiger partial charge in [0.1, 0.15) is 5.82 Å². The first-order valence-electron chi connectivity index (χ1n) is 9.06. The van der Waals surface area contributed by atoms with Crippen molar-refractivity contribution in [2.45, 2.75) is 4.90 Å². The highest BCUT2D eigenvalue weighted by Gasteiger charge is 2.10. The molecule has 0 bridgehead atoms. The van der Waals surface area contributed by atoms with Gasteiger partial charge in [-0.25, -0.2) is 18.4 Å². The second-order valence-corrected chi connectivity index (χ2v) is 8.63. The molecule has 0 amide bonds. The summed E-state index contributed by atoms with van der Waals surface area (Å²) >= 11 is 0. The van der Waals surface area contributed by atoms with E-state index in [4.69, 9.17) is 4.98 Å². The van der Waals surface area contributed by atoms with E-state index in [9.17, 15) is 8.42 Å². The van der Waals surface area contributed by atoms with Crippen LogP contribution in [0.2, 0.25) is 0 Å². The third-order valence-corrected chi connectivity index (χ3v) is 5.51. The van der Waals surface area contributed by atoms with E-state index < -0.39 is 9.84 Å². The molecule has 0 fully saturated rings. The number of rotatable bonds is 5. The molecule has 0 radical (unpaired) electrons. The minimum absolute atomic E-state index is 0.278. The van der Waals surface area contributed by atoms with Crippen LogP contribution in [0.3, 0.4) is 0 Å². The molecule has 0 saturated carbocycles. The molecule has 0 unspecified atom stereocenters. The maximum absolute atomic E-state index is 11.7. The summed E-state index contributed by atoms with van der Waals surface area (Å²) in [6.45, 7) is 0. The summed E-state index contributed by atoms with van der Waals surface area (Å²) in [6, 6.07) is 28.2. The first kappa shape index (κ1) is 18.8. The summed E-state index contributed by atoms with van der Waals surface area (Å²) < 4.78 is 23.3. The normalized spacial score (nSPS) is 11.2. The fraction of sp³-hybridized carbons (Fsp3) is 0.0435. The van der Waals surface area contributed by atoms with E-state index in [1.807, 2.05) is 66.7 Å². The van der Waals surface area contributed by atoms with Crippen molar-refractivity contribution >= 4 is 21.3 Å². The van der Waals surface area contributed by atoms with Crippen molar-refractivity contribution in [1.82, 2.24) is 9.97 Å². The van der Waals surface area contributed by atoms with Crippen molar-refractivity contribution in [3.05, 3.63) is 91.0 Å². The van der Waals surface area contributed by atoms with E-state index in [0.29, 0.717) is 11.6 Å². The molecule has 6 heteroatoms. The van der Waals surface area contributed by atoms with Crippen LogP contribution in [0.15, 0.2) is 95.9 Å². The molecule has 5 nitrogen and oxygen atoms in total. The van der Waals surface area contributed by atoms with Gasteiger partial charge in [-0.05, 0) is 24.3 Å².